The molecule has 4 heterocycles. The Morgan fingerprint density at radius 2 is 2.16 bits per heavy atom. The highest BCUT2D eigenvalue weighted by Gasteiger charge is 2.55. The molecule has 134 valence electrons. The van der Waals surface area contributed by atoms with Gasteiger partial charge >= 0.3 is 0 Å². The first-order valence-electron chi connectivity index (χ1n) is 9.02. The summed E-state index contributed by atoms with van der Waals surface area (Å²) in [6.07, 6.45) is 3.88. The van der Waals surface area contributed by atoms with Gasteiger partial charge < -0.3 is 18.8 Å². The van der Waals surface area contributed by atoms with Gasteiger partial charge in [0.05, 0.1) is 12.3 Å². The average Bonchev–Trinajstić information content (AvgIpc) is 3.12. The van der Waals surface area contributed by atoms with E-state index in [-0.39, 0.29) is 11.5 Å². The molecule has 1 atom stereocenters. The zero-order valence-electron chi connectivity index (χ0n) is 14.9. The molecular weight excluding hydrogens is 318 g/mol. The van der Waals surface area contributed by atoms with Crippen LogP contribution in [0, 0.1) is 12.3 Å². The zero-order chi connectivity index (χ0) is 17.3. The fraction of sp³-hybridized carbons (Fsp3) is 0.579. The summed E-state index contributed by atoms with van der Waals surface area (Å²) in [5, 5.41) is 0. The standard InChI is InChI=1S/C19H25N3O3/c1-3-23-12-16-20-14(2)11-17(21-16)22-13-19(6-9-24-10-7-19)18(22)15-5-4-8-25-15/h4-5,8,11,18H,3,6-7,9-10,12-13H2,1-2H3. The minimum Gasteiger partial charge on any atom is -0.467 e. The van der Waals surface area contributed by atoms with Gasteiger partial charge in [0.15, 0.2) is 5.82 Å². The number of rotatable bonds is 5. The molecule has 2 aromatic rings. The molecule has 0 N–H and O–H groups in total. The molecule has 1 unspecified atom stereocenters. The monoisotopic (exact) mass is 343 g/mol. The summed E-state index contributed by atoms with van der Waals surface area (Å²) < 4.78 is 16.9. The zero-order valence-corrected chi connectivity index (χ0v) is 14.9. The van der Waals surface area contributed by atoms with Gasteiger partial charge in [0, 0.05) is 43.5 Å². The maximum atomic E-state index is 5.79. The molecule has 2 saturated heterocycles. The van der Waals surface area contributed by atoms with Crippen molar-refractivity contribution < 1.29 is 13.9 Å². The maximum absolute atomic E-state index is 5.79. The predicted octanol–water partition coefficient (Wildman–Crippen LogP) is 3.27. The smallest absolute Gasteiger partial charge is 0.156 e. The van der Waals surface area contributed by atoms with Crippen molar-refractivity contribution >= 4 is 5.82 Å². The number of hydrogen-bond acceptors (Lipinski definition) is 6. The number of ether oxygens (including phenoxy) is 2. The second-order valence-corrected chi connectivity index (χ2v) is 6.94. The van der Waals surface area contributed by atoms with Crippen molar-refractivity contribution in [1.29, 1.82) is 0 Å². The Morgan fingerprint density at radius 3 is 2.88 bits per heavy atom. The summed E-state index contributed by atoms with van der Waals surface area (Å²) in [5.41, 5.74) is 1.18. The van der Waals surface area contributed by atoms with Gasteiger partial charge in [0.1, 0.15) is 18.2 Å². The lowest BCUT2D eigenvalue weighted by Gasteiger charge is -2.58. The van der Waals surface area contributed by atoms with Crippen LogP contribution in [0.4, 0.5) is 5.82 Å². The molecule has 0 amide bonds. The summed E-state index contributed by atoms with van der Waals surface area (Å²) in [7, 11) is 0. The van der Waals surface area contributed by atoms with Gasteiger partial charge in [-0.2, -0.15) is 0 Å². The second kappa shape index (κ2) is 6.77. The van der Waals surface area contributed by atoms with Crippen LogP contribution in [0.2, 0.25) is 0 Å². The predicted molar refractivity (Wildman–Crippen MR) is 93.4 cm³/mol. The van der Waals surface area contributed by atoms with Crippen molar-refractivity contribution in [2.45, 2.75) is 39.3 Å². The highest BCUT2D eigenvalue weighted by atomic mass is 16.5. The van der Waals surface area contributed by atoms with Crippen molar-refractivity contribution in [3.8, 4) is 0 Å². The molecule has 2 aliphatic rings. The molecule has 0 radical (unpaired) electrons. The lowest BCUT2D eigenvalue weighted by Crippen LogP contribution is -2.61. The minimum absolute atomic E-state index is 0.209. The van der Waals surface area contributed by atoms with Gasteiger partial charge in [-0.3, -0.25) is 0 Å². The van der Waals surface area contributed by atoms with Crippen LogP contribution in [0.15, 0.2) is 28.9 Å². The van der Waals surface area contributed by atoms with E-state index in [1.807, 2.05) is 19.9 Å². The Morgan fingerprint density at radius 1 is 1.32 bits per heavy atom. The Labute approximate surface area is 148 Å². The molecule has 2 aromatic heterocycles. The fourth-order valence-corrected chi connectivity index (χ4v) is 4.08. The van der Waals surface area contributed by atoms with Crippen molar-refractivity contribution in [3.63, 3.8) is 0 Å². The third-order valence-corrected chi connectivity index (χ3v) is 5.29. The highest BCUT2D eigenvalue weighted by Crippen LogP contribution is 2.55. The van der Waals surface area contributed by atoms with Crippen molar-refractivity contribution in [2.75, 3.05) is 31.3 Å². The van der Waals surface area contributed by atoms with E-state index in [9.17, 15) is 0 Å². The Bertz CT molecular complexity index is 711. The Balaban J connectivity index is 1.64. The summed E-state index contributed by atoms with van der Waals surface area (Å²) in [4.78, 5) is 11.6. The van der Waals surface area contributed by atoms with Gasteiger partial charge in [-0.15, -0.1) is 0 Å². The number of furan rings is 1. The van der Waals surface area contributed by atoms with Gasteiger partial charge in [-0.05, 0) is 38.8 Å². The van der Waals surface area contributed by atoms with E-state index in [0.717, 1.165) is 55.7 Å². The SMILES string of the molecule is CCOCc1nc(C)cc(N2CC3(CCOCC3)C2c2ccco2)n1. The first-order chi connectivity index (χ1) is 12.2. The summed E-state index contributed by atoms with van der Waals surface area (Å²) in [6.45, 7) is 7.72. The van der Waals surface area contributed by atoms with Gasteiger partial charge in [-0.25, -0.2) is 9.97 Å². The third kappa shape index (κ3) is 3.04. The summed E-state index contributed by atoms with van der Waals surface area (Å²) in [6, 6.07) is 6.30. The third-order valence-electron chi connectivity index (χ3n) is 5.29. The quantitative estimate of drug-likeness (QED) is 0.830. The molecule has 1 spiro atoms. The van der Waals surface area contributed by atoms with E-state index in [4.69, 9.17) is 18.9 Å². The van der Waals surface area contributed by atoms with E-state index >= 15 is 0 Å². The van der Waals surface area contributed by atoms with Crippen molar-refractivity contribution in [3.05, 3.63) is 41.7 Å². The van der Waals surface area contributed by atoms with E-state index < -0.39 is 0 Å². The molecule has 0 saturated carbocycles. The Hall–Kier alpha value is -1.92. The topological polar surface area (TPSA) is 60.6 Å². The van der Waals surface area contributed by atoms with E-state index in [0.29, 0.717) is 13.2 Å². The number of nitrogens with zero attached hydrogens (tertiary/aromatic N) is 3. The van der Waals surface area contributed by atoms with Crippen LogP contribution in [-0.2, 0) is 16.1 Å². The maximum Gasteiger partial charge on any atom is 0.156 e. The molecule has 0 aliphatic carbocycles. The van der Waals surface area contributed by atoms with Crippen LogP contribution in [0.25, 0.3) is 0 Å². The lowest BCUT2D eigenvalue weighted by molar-refractivity contribution is -0.0345. The lowest BCUT2D eigenvalue weighted by atomic mass is 9.65. The van der Waals surface area contributed by atoms with Crippen LogP contribution < -0.4 is 4.90 Å². The first-order valence-corrected chi connectivity index (χ1v) is 9.02. The molecule has 4 rings (SSSR count). The van der Waals surface area contributed by atoms with Crippen LogP contribution in [-0.4, -0.2) is 36.3 Å². The van der Waals surface area contributed by atoms with Crippen molar-refractivity contribution in [2.24, 2.45) is 5.41 Å². The second-order valence-electron chi connectivity index (χ2n) is 6.94. The Kier molecular flexibility index (Phi) is 4.48. The largest absolute Gasteiger partial charge is 0.467 e. The number of anilines is 1. The van der Waals surface area contributed by atoms with E-state index in [2.05, 4.69) is 22.0 Å². The van der Waals surface area contributed by atoms with Gasteiger partial charge in [0.25, 0.3) is 0 Å². The van der Waals surface area contributed by atoms with Gasteiger partial charge in [-0.1, -0.05) is 0 Å². The summed E-state index contributed by atoms with van der Waals surface area (Å²) >= 11 is 0. The molecule has 6 heteroatoms. The van der Waals surface area contributed by atoms with Crippen LogP contribution in [0.5, 0.6) is 0 Å². The normalized spacial score (nSPS) is 22.2. The van der Waals surface area contributed by atoms with Crippen LogP contribution >= 0.6 is 0 Å². The van der Waals surface area contributed by atoms with Crippen LogP contribution in [0.1, 0.15) is 43.1 Å². The average molecular weight is 343 g/mol. The minimum atomic E-state index is 0.209. The van der Waals surface area contributed by atoms with Crippen LogP contribution in [0.3, 0.4) is 0 Å². The van der Waals surface area contributed by atoms with E-state index in [1.165, 1.54) is 0 Å². The molecule has 25 heavy (non-hydrogen) atoms. The molecule has 2 aliphatic heterocycles. The van der Waals surface area contributed by atoms with Gasteiger partial charge in [0.2, 0.25) is 0 Å². The molecule has 2 fully saturated rings. The first kappa shape index (κ1) is 16.5. The number of aromatic nitrogens is 2. The molecule has 0 bridgehead atoms. The number of hydrogen-bond donors (Lipinski definition) is 0. The molecule has 0 aromatic carbocycles. The van der Waals surface area contributed by atoms with E-state index in [1.54, 1.807) is 6.26 Å². The fourth-order valence-electron chi connectivity index (χ4n) is 4.08. The molecule has 6 nitrogen and oxygen atoms in total. The highest BCUT2D eigenvalue weighted by molar-refractivity contribution is 5.48. The molecular formula is C19H25N3O3. The summed E-state index contributed by atoms with van der Waals surface area (Å²) in [5.74, 6) is 2.71. The van der Waals surface area contributed by atoms with Crippen molar-refractivity contribution in [1.82, 2.24) is 9.97 Å². The number of aryl methyl sites for hydroxylation is 1.